The van der Waals surface area contributed by atoms with E-state index in [2.05, 4.69) is 38.0 Å². The number of fused-ring (bicyclic) bond motifs is 2. The zero-order chi connectivity index (χ0) is 44.0. The Kier molecular flexibility index (Phi) is 11.5. The number of imide groups is 1. The molecule has 15 nitrogen and oxygen atoms in total. The molecule has 16 heteroatoms. The van der Waals surface area contributed by atoms with Gasteiger partial charge in [0.15, 0.2) is 0 Å². The van der Waals surface area contributed by atoms with Crippen LogP contribution in [0.15, 0.2) is 90.5 Å². The molecule has 5 aliphatic rings. The van der Waals surface area contributed by atoms with Crippen molar-refractivity contribution in [3.8, 4) is 5.75 Å². The van der Waals surface area contributed by atoms with Crippen molar-refractivity contribution < 1.29 is 33.4 Å². The lowest BCUT2D eigenvalue weighted by molar-refractivity contribution is -0.120. The normalized spacial score (nSPS) is 23.5. The van der Waals surface area contributed by atoms with Gasteiger partial charge < -0.3 is 51.0 Å². The number of phenols is 1. The monoisotopic (exact) mass is 861 g/mol. The SMILES string of the molecule is Cc1cc2c(ccn2C2CCN(CC3(F)CCN(C(=O)c4ccc(C5CN(C(/C=C(\N)c6ccccc6O)=C(N)N)C6COCC6O5)cc4)CC3)CC2)cc1N1CCC(=O)NC1=O. The first-order chi connectivity index (χ1) is 30.3. The number of allylic oxidation sites excluding steroid dienone is 1. The Hall–Kier alpha value is -6.10. The molecule has 1 aromatic heterocycles. The van der Waals surface area contributed by atoms with Crippen molar-refractivity contribution in [3.63, 3.8) is 0 Å². The number of urea groups is 1. The number of likely N-dealkylation sites (tertiary alicyclic amines) is 2. The molecular formula is C47H56FN9O6. The fourth-order valence-corrected chi connectivity index (χ4v) is 9.99. The molecule has 3 unspecified atom stereocenters. The molecule has 0 bridgehead atoms. The lowest BCUT2D eigenvalue weighted by atomic mass is 9.91. The maximum Gasteiger partial charge on any atom is 0.328 e. The predicted octanol–water partition coefficient (Wildman–Crippen LogP) is 4.61. The van der Waals surface area contributed by atoms with Crippen molar-refractivity contribution in [3.05, 3.63) is 113 Å². The standard InChI is InChI=1S/C47H56FN9O6/c1-29-22-37-32(23-36(29)56-19-13-43(59)52-46(56)61)10-18-55(37)33-11-16-53(17-12-33)28-47(48)14-20-54(21-15-47)45(60)31-8-6-30(7-9-31)41-25-57(39-26-62-27-42(39)63-41)38(44(50)51)24-35(49)34-4-2-3-5-40(34)58/h2-10,18,22-24,33,39,41-42,58H,11-17,19-21,25-28,49-51H2,1H3,(H,52,59,61)/b35-24-. The molecular weight excluding hydrogens is 806 g/mol. The van der Waals surface area contributed by atoms with E-state index in [0.29, 0.717) is 68.5 Å². The molecule has 4 amide bonds. The number of para-hydroxylation sites is 1. The third-order valence-electron chi connectivity index (χ3n) is 13.5. The van der Waals surface area contributed by atoms with Gasteiger partial charge in [0.1, 0.15) is 29.4 Å². The van der Waals surface area contributed by atoms with Gasteiger partial charge in [0, 0.05) is 111 Å². The smallest absolute Gasteiger partial charge is 0.328 e. The summed E-state index contributed by atoms with van der Waals surface area (Å²) in [4.78, 5) is 45.6. The summed E-state index contributed by atoms with van der Waals surface area (Å²) >= 11 is 0. The Balaban J connectivity index is 0.786. The molecule has 5 aliphatic heterocycles. The number of phenolic OH excluding ortho intramolecular Hbond substituents is 1. The Bertz CT molecular complexity index is 2450. The van der Waals surface area contributed by atoms with Gasteiger partial charge in [-0.25, -0.2) is 9.18 Å². The molecule has 8 N–H and O–H groups in total. The van der Waals surface area contributed by atoms with E-state index in [9.17, 15) is 19.5 Å². The van der Waals surface area contributed by atoms with E-state index in [1.54, 1.807) is 52.3 Å². The average molecular weight is 862 g/mol. The van der Waals surface area contributed by atoms with Crippen LogP contribution in [-0.4, -0.2) is 119 Å². The number of carbonyl (C=O) groups excluding carboxylic acids is 3. The van der Waals surface area contributed by atoms with Crippen molar-refractivity contribution in [2.24, 2.45) is 17.2 Å². The molecule has 4 aromatic rings. The van der Waals surface area contributed by atoms with Gasteiger partial charge in [-0.15, -0.1) is 0 Å². The number of amides is 4. The van der Waals surface area contributed by atoms with E-state index in [-0.39, 0.29) is 66.9 Å². The van der Waals surface area contributed by atoms with Crippen LogP contribution in [0.25, 0.3) is 16.6 Å². The molecule has 5 fully saturated rings. The van der Waals surface area contributed by atoms with Crippen LogP contribution in [0.5, 0.6) is 5.75 Å². The Morgan fingerprint density at radius 3 is 2.43 bits per heavy atom. The number of aromatic nitrogens is 1. The van der Waals surface area contributed by atoms with Crippen LogP contribution in [-0.2, 0) is 14.3 Å². The third-order valence-corrected chi connectivity index (χ3v) is 13.5. The summed E-state index contributed by atoms with van der Waals surface area (Å²) < 4.78 is 31.1. The van der Waals surface area contributed by atoms with Crippen LogP contribution in [0.3, 0.4) is 0 Å². The topological polar surface area (TPSA) is 198 Å². The van der Waals surface area contributed by atoms with E-state index in [1.807, 2.05) is 25.1 Å². The van der Waals surface area contributed by atoms with Gasteiger partial charge in [0.05, 0.1) is 25.0 Å². The van der Waals surface area contributed by atoms with Gasteiger partial charge in [0.2, 0.25) is 5.91 Å². The van der Waals surface area contributed by atoms with Gasteiger partial charge in [-0.2, -0.15) is 0 Å². The quantitative estimate of drug-likeness (QED) is 0.147. The molecule has 6 heterocycles. The van der Waals surface area contributed by atoms with Gasteiger partial charge in [-0.3, -0.25) is 19.8 Å². The number of benzene rings is 3. The second-order valence-electron chi connectivity index (χ2n) is 17.6. The van der Waals surface area contributed by atoms with E-state index in [1.165, 1.54) is 0 Å². The summed E-state index contributed by atoms with van der Waals surface area (Å²) in [7, 11) is 0. The van der Waals surface area contributed by atoms with Crippen molar-refractivity contribution >= 4 is 40.1 Å². The molecule has 63 heavy (non-hydrogen) atoms. The number of morpholine rings is 1. The summed E-state index contributed by atoms with van der Waals surface area (Å²) in [6.07, 6.45) is 5.75. The number of rotatable bonds is 9. The van der Waals surface area contributed by atoms with Crippen LogP contribution in [0.1, 0.15) is 71.3 Å². The molecule has 3 atom stereocenters. The number of nitrogens with one attached hydrogen (secondary N) is 1. The van der Waals surface area contributed by atoms with Crippen molar-refractivity contribution in [2.45, 2.75) is 69.0 Å². The second kappa shape index (κ2) is 17.2. The Morgan fingerprint density at radius 1 is 0.968 bits per heavy atom. The fraction of sp³-hybridized carbons (Fsp3) is 0.426. The number of halogens is 1. The van der Waals surface area contributed by atoms with Crippen LogP contribution in [0.2, 0.25) is 0 Å². The second-order valence-corrected chi connectivity index (χ2v) is 17.6. The van der Waals surface area contributed by atoms with Gasteiger partial charge in [-0.05, 0) is 79.4 Å². The number of carbonyl (C=O) groups is 3. The minimum absolute atomic E-state index is 0.0441. The zero-order valence-corrected chi connectivity index (χ0v) is 35.5. The predicted molar refractivity (Wildman–Crippen MR) is 237 cm³/mol. The molecule has 0 saturated carbocycles. The number of hydrogen-bond acceptors (Lipinski definition) is 11. The minimum Gasteiger partial charge on any atom is -0.507 e. The molecule has 0 radical (unpaired) electrons. The van der Waals surface area contributed by atoms with Gasteiger partial charge >= 0.3 is 6.03 Å². The van der Waals surface area contributed by atoms with Gasteiger partial charge in [0.25, 0.3) is 5.91 Å². The zero-order valence-electron chi connectivity index (χ0n) is 35.5. The van der Waals surface area contributed by atoms with Crippen molar-refractivity contribution in [2.75, 3.05) is 63.9 Å². The Morgan fingerprint density at radius 2 is 1.71 bits per heavy atom. The summed E-state index contributed by atoms with van der Waals surface area (Å²) in [6.45, 7) is 6.16. The molecule has 5 saturated heterocycles. The number of aromatic hydroxyl groups is 1. The van der Waals surface area contributed by atoms with E-state index < -0.39 is 11.7 Å². The number of aryl methyl sites for hydroxylation is 1. The summed E-state index contributed by atoms with van der Waals surface area (Å²) in [5.41, 5.74) is 23.1. The maximum absolute atomic E-state index is 16.4. The molecule has 0 spiro atoms. The lowest BCUT2D eigenvalue weighted by Crippen LogP contribution is -2.51. The third kappa shape index (κ3) is 8.54. The largest absolute Gasteiger partial charge is 0.507 e. The molecule has 3 aromatic carbocycles. The van der Waals surface area contributed by atoms with Crippen LogP contribution >= 0.6 is 0 Å². The molecule has 0 aliphatic carbocycles. The van der Waals surface area contributed by atoms with Crippen molar-refractivity contribution in [1.29, 1.82) is 0 Å². The number of ether oxygens (including phenoxy) is 2. The molecule has 9 rings (SSSR count). The number of anilines is 1. The number of piperidine rings is 2. The first kappa shape index (κ1) is 42.2. The highest BCUT2D eigenvalue weighted by Gasteiger charge is 2.43. The highest BCUT2D eigenvalue weighted by Crippen LogP contribution is 2.38. The van der Waals surface area contributed by atoms with E-state index in [4.69, 9.17) is 26.7 Å². The van der Waals surface area contributed by atoms with Gasteiger partial charge in [-0.1, -0.05) is 24.3 Å². The lowest BCUT2D eigenvalue weighted by Gasteiger charge is -2.43. The molecule has 332 valence electrons. The highest BCUT2D eigenvalue weighted by atomic mass is 19.1. The number of nitrogens with zero attached hydrogens (tertiary/aromatic N) is 5. The summed E-state index contributed by atoms with van der Waals surface area (Å²) in [6, 6.07) is 20.1. The minimum atomic E-state index is -1.37. The Labute approximate surface area is 365 Å². The van der Waals surface area contributed by atoms with Crippen molar-refractivity contribution in [1.82, 2.24) is 24.6 Å². The maximum atomic E-state index is 16.4. The number of nitrogens with two attached hydrogens (primary N) is 3. The summed E-state index contributed by atoms with van der Waals surface area (Å²) in [5, 5.41) is 13.8. The van der Waals surface area contributed by atoms with Crippen LogP contribution < -0.4 is 27.4 Å². The number of alkyl halides is 1. The highest BCUT2D eigenvalue weighted by molar-refractivity contribution is 6.06. The fourth-order valence-electron chi connectivity index (χ4n) is 9.99. The van der Waals surface area contributed by atoms with E-state index >= 15 is 4.39 Å². The van der Waals surface area contributed by atoms with Crippen LogP contribution in [0, 0.1) is 6.92 Å². The van der Waals surface area contributed by atoms with E-state index in [0.717, 1.165) is 53.6 Å². The first-order valence-electron chi connectivity index (χ1n) is 21.9. The van der Waals surface area contributed by atoms with Crippen LogP contribution in [0.4, 0.5) is 14.9 Å². The average Bonchev–Trinajstić information content (AvgIpc) is 3.93. The summed E-state index contributed by atoms with van der Waals surface area (Å²) in [5.74, 6) is -0.259. The number of hydrogen-bond donors (Lipinski definition) is 5. The first-order valence-corrected chi connectivity index (χ1v) is 21.9.